The fourth-order valence-corrected chi connectivity index (χ4v) is 4.63. The fraction of sp³-hybridized carbons (Fsp3) is 0.111. The van der Waals surface area contributed by atoms with Gasteiger partial charge < -0.3 is 10.1 Å². The van der Waals surface area contributed by atoms with E-state index in [9.17, 15) is 4.79 Å². The molecular weight excluding hydrogens is 538 g/mol. The van der Waals surface area contributed by atoms with E-state index < -0.39 is 0 Å². The van der Waals surface area contributed by atoms with Crippen LogP contribution < -0.4 is 15.4 Å². The lowest BCUT2D eigenvalue weighted by Gasteiger charge is -2.12. The number of hydrogen-bond acceptors (Lipinski definition) is 5. The number of nitrogens with one attached hydrogen (secondary N) is 2. The molecule has 5 rings (SSSR count). The molecule has 2 N–H and O–H groups in total. The van der Waals surface area contributed by atoms with Crippen LogP contribution in [0.5, 0.6) is 5.75 Å². The van der Waals surface area contributed by atoms with Gasteiger partial charge in [0.15, 0.2) is 5.11 Å². The van der Waals surface area contributed by atoms with Crippen molar-refractivity contribution in [2.75, 3.05) is 11.9 Å². The van der Waals surface area contributed by atoms with Crippen molar-refractivity contribution < 1.29 is 9.53 Å². The van der Waals surface area contributed by atoms with Gasteiger partial charge in [-0.25, -0.2) is 0 Å². The standard InChI is InChI=1S/C27H22BrN5O2S/c1-3-35-25-12-11-18(14-20(25)28)26(34)30-27(36)29-21-15-23-22(13-16(21)2)31-33(32-23)24-10-6-8-17-7-4-5-9-19(17)24/h4-15H,3H2,1-2H3,(H2,29,30,34,36). The third kappa shape index (κ3) is 4.80. The Morgan fingerprint density at radius 1 is 1.03 bits per heavy atom. The van der Waals surface area contributed by atoms with Crippen molar-refractivity contribution in [1.82, 2.24) is 20.3 Å². The van der Waals surface area contributed by atoms with E-state index in [2.05, 4.69) is 44.8 Å². The number of aromatic nitrogens is 3. The summed E-state index contributed by atoms with van der Waals surface area (Å²) in [5, 5.41) is 17.6. The number of carbonyl (C=O) groups excluding carboxylic acids is 1. The first-order valence-corrected chi connectivity index (χ1v) is 12.5. The van der Waals surface area contributed by atoms with Gasteiger partial charge in [-0.2, -0.15) is 0 Å². The Labute approximate surface area is 221 Å². The number of ether oxygens (including phenoxy) is 1. The Kier molecular flexibility index (Phi) is 6.67. The first-order valence-electron chi connectivity index (χ1n) is 11.3. The summed E-state index contributed by atoms with van der Waals surface area (Å²) in [5.74, 6) is 0.354. The Morgan fingerprint density at radius 3 is 2.56 bits per heavy atom. The number of rotatable bonds is 5. The number of hydrogen-bond donors (Lipinski definition) is 2. The molecule has 4 aromatic carbocycles. The van der Waals surface area contributed by atoms with Gasteiger partial charge in [-0.1, -0.05) is 36.4 Å². The molecule has 0 aliphatic carbocycles. The molecule has 7 nitrogen and oxygen atoms in total. The smallest absolute Gasteiger partial charge is 0.257 e. The number of amides is 1. The lowest BCUT2D eigenvalue weighted by Crippen LogP contribution is -2.34. The third-order valence-electron chi connectivity index (χ3n) is 5.68. The first kappa shape index (κ1) is 23.9. The quantitative estimate of drug-likeness (QED) is 0.250. The number of thiocarbonyl (C=S) groups is 1. The van der Waals surface area contributed by atoms with Crippen molar-refractivity contribution in [3.8, 4) is 11.4 Å². The molecule has 0 unspecified atom stereocenters. The van der Waals surface area contributed by atoms with Crippen molar-refractivity contribution in [2.24, 2.45) is 0 Å². The normalized spacial score (nSPS) is 11.0. The Bertz CT molecular complexity index is 1630. The molecule has 0 aliphatic heterocycles. The number of fused-ring (bicyclic) bond motifs is 2. The molecule has 1 aromatic heterocycles. The molecule has 9 heteroatoms. The van der Waals surface area contributed by atoms with Gasteiger partial charge in [0, 0.05) is 16.6 Å². The van der Waals surface area contributed by atoms with Crippen LogP contribution >= 0.6 is 28.1 Å². The number of aryl methyl sites for hydroxylation is 1. The van der Waals surface area contributed by atoms with E-state index in [4.69, 9.17) is 27.2 Å². The van der Waals surface area contributed by atoms with Gasteiger partial charge in [-0.05, 0) is 89.3 Å². The molecule has 180 valence electrons. The SMILES string of the molecule is CCOc1ccc(C(=O)NC(=S)Nc2cc3nn(-c4cccc5ccccc45)nc3cc2C)cc1Br. The van der Waals surface area contributed by atoms with Crippen molar-refractivity contribution in [3.63, 3.8) is 0 Å². The van der Waals surface area contributed by atoms with E-state index in [-0.39, 0.29) is 11.0 Å². The molecule has 5 aromatic rings. The molecule has 1 heterocycles. The topological polar surface area (TPSA) is 81.1 Å². The van der Waals surface area contributed by atoms with Crippen LogP contribution in [0.1, 0.15) is 22.8 Å². The zero-order valence-corrected chi connectivity index (χ0v) is 22.0. The zero-order chi connectivity index (χ0) is 25.2. The number of halogens is 1. The summed E-state index contributed by atoms with van der Waals surface area (Å²) in [6, 6.07) is 23.2. The number of anilines is 1. The average Bonchev–Trinajstić information content (AvgIpc) is 3.27. The summed E-state index contributed by atoms with van der Waals surface area (Å²) in [4.78, 5) is 14.4. The van der Waals surface area contributed by atoms with Crippen molar-refractivity contribution in [2.45, 2.75) is 13.8 Å². The Hall–Kier alpha value is -3.82. The highest BCUT2D eigenvalue weighted by molar-refractivity contribution is 9.10. The highest BCUT2D eigenvalue weighted by atomic mass is 79.9. The monoisotopic (exact) mass is 559 g/mol. The van der Waals surface area contributed by atoms with Crippen molar-refractivity contribution >= 4 is 66.7 Å². The minimum Gasteiger partial charge on any atom is -0.493 e. The van der Waals surface area contributed by atoms with Crippen LogP contribution in [0.2, 0.25) is 0 Å². The highest BCUT2D eigenvalue weighted by Crippen LogP contribution is 2.27. The predicted octanol–water partition coefficient (Wildman–Crippen LogP) is 6.17. The molecule has 0 radical (unpaired) electrons. The van der Waals surface area contributed by atoms with Gasteiger partial charge in [-0.15, -0.1) is 15.0 Å². The maximum atomic E-state index is 12.7. The second kappa shape index (κ2) is 10.0. The van der Waals surface area contributed by atoms with E-state index in [0.717, 1.165) is 33.2 Å². The van der Waals surface area contributed by atoms with E-state index in [1.54, 1.807) is 23.0 Å². The lowest BCUT2D eigenvalue weighted by molar-refractivity contribution is 0.0977. The summed E-state index contributed by atoms with van der Waals surface area (Å²) in [5.41, 5.74) is 4.50. The second-order valence-corrected chi connectivity index (χ2v) is 9.39. The molecule has 0 bridgehead atoms. The molecular formula is C27H22BrN5O2S. The van der Waals surface area contributed by atoms with Gasteiger partial charge in [-0.3, -0.25) is 10.1 Å². The van der Waals surface area contributed by atoms with E-state index >= 15 is 0 Å². The first-order chi connectivity index (χ1) is 17.4. The minimum absolute atomic E-state index is 0.189. The summed E-state index contributed by atoms with van der Waals surface area (Å²) in [7, 11) is 0. The van der Waals surface area contributed by atoms with Crippen LogP contribution in [0.25, 0.3) is 27.5 Å². The summed E-state index contributed by atoms with van der Waals surface area (Å²) < 4.78 is 6.20. The Balaban J connectivity index is 1.36. The zero-order valence-electron chi connectivity index (χ0n) is 19.6. The van der Waals surface area contributed by atoms with E-state index in [0.29, 0.717) is 27.9 Å². The molecule has 0 aliphatic rings. The number of benzene rings is 4. The number of nitrogens with zero attached hydrogens (tertiary/aromatic N) is 3. The van der Waals surface area contributed by atoms with Gasteiger partial charge in [0.05, 0.1) is 16.8 Å². The number of carbonyl (C=O) groups is 1. The van der Waals surface area contributed by atoms with Crippen LogP contribution in [0.3, 0.4) is 0 Å². The van der Waals surface area contributed by atoms with Gasteiger partial charge >= 0.3 is 0 Å². The lowest BCUT2D eigenvalue weighted by atomic mass is 10.1. The summed E-state index contributed by atoms with van der Waals surface area (Å²) >= 11 is 8.84. The Morgan fingerprint density at radius 2 is 1.78 bits per heavy atom. The second-order valence-electron chi connectivity index (χ2n) is 8.13. The van der Waals surface area contributed by atoms with Crippen LogP contribution in [0.15, 0.2) is 77.3 Å². The fourth-order valence-electron chi connectivity index (χ4n) is 3.94. The van der Waals surface area contributed by atoms with Crippen molar-refractivity contribution in [1.29, 1.82) is 0 Å². The molecule has 0 saturated heterocycles. The van der Waals surface area contributed by atoms with Gasteiger partial charge in [0.1, 0.15) is 16.8 Å². The molecule has 0 spiro atoms. The summed E-state index contributed by atoms with van der Waals surface area (Å²) in [6.45, 7) is 4.39. The third-order valence-corrected chi connectivity index (χ3v) is 6.50. The highest BCUT2D eigenvalue weighted by Gasteiger charge is 2.14. The molecule has 0 atom stereocenters. The van der Waals surface area contributed by atoms with Crippen molar-refractivity contribution in [3.05, 3.63) is 88.4 Å². The summed E-state index contributed by atoms with van der Waals surface area (Å²) in [6.07, 6.45) is 0. The average molecular weight is 560 g/mol. The van der Waals surface area contributed by atoms with E-state index in [1.165, 1.54) is 0 Å². The molecule has 0 fully saturated rings. The van der Waals surface area contributed by atoms with Gasteiger partial charge in [0.2, 0.25) is 0 Å². The molecule has 0 saturated carbocycles. The maximum absolute atomic E-state index is 12.7. The maximum Gasteiger partial charge on any atom is 0.257 e. The largest absolute Gasteiger partial charge is 0.493 e. The minimum atomic E-state index is -0.322. The molecule has 1 amide bonds. The van der Waals surface area contributed by atoms with Gasteiger partial charge in [0.25, 0.3) is 5.91 Å². The van der Waals surface area contributed by atoms with E-state index in [1.807, 2.05) is 50.2 Å². The molecule has 36 heavy (non-hydrogen) atoms. The van der Waals surface area contributed by atoms with Crippen LogP contribution in [0, 0.1) is 6.92 Å². The van der Waals surface area contributed by atoms with Crippen LogP contribution in [0.4, 0.5) is 5.69 Å². The van der Waals surface area contributed by atoms with Crippen LogP contribution in [-0.4, -0.2) is 32.6 Å². The van der Waals surface area contributed by atoms with Crippen LogP contribution in [-0.2, 0) is 0 Å². The predicted molar refractivity (Wildman–Crippen MR) is 150 cm³/mol.